The van der Waals surface area contributed by atoms with Crippen molar-refractivity contribution in [3.05, 3.63) is 12.7 Å². The van der Waals surface area contributed by atoms with Crippen molar-refractivity contribution in [3.8, 4) is 0 Å². The van der Waals surface area contributed by atoms with Crippen molar-refractivity contribution in [2.75, 3.05) is 0 Å². The summed E-state index contributed by atoms with van der Waals surface area (Å²) in [4.78, 5) is 0. The molecule has 0 N–H and O–H groups in total. The Bertz CT molecular complexity index is 273. The Labute approximate surface area is 142 Å². The fourth-order valence-corrected chi connectivity index (χ4v) is 3.36. The molecule has 0 fully saturated rings. The first-order valence-corrected chi connectivity index (χ1v) is 9.75. The third-order valence-electron chi connectivity index (χ3n) is 5.32. The van der Waals surface area contributed by atoms with E-state index >= 15 is 0 Å². The van der Waals surface area contributed by atoms with Gasteiger partial charge in [-0.1, -0.05) is 99.5 Å². The largest absolute Gasteiger partial charge is 0.103 e. The Morgan fingerprint density at radius 2 is 1.27 bits per heavy atom. The highest BCUT2D eigenvalue weighted by Crippen LogP contribution is 2.40. The summed E-state index contributed by atoms with van der Waals surface area (Å²) in [5, 5.41) is 0. The summed E-state index contributed by atoms with van der Waals surface area (Å²) in [6.07, 6.45) is 14.8. The smallest absolute Gasteiger partial charge is 0.0185 e. The van der Waals surface area contributed by atoms with Crippen LogP contribution in [-0.4, -0.2) is 0 Å². The number of unbranched alkanes of at least 4 members (excludes halogenated alkanes) is 6. The van der Waals surface area contributed by atoms with Crippen LogP contribution in [0, 0.1) is 22.7 Å². The van der Waals surface area contributed by atoms with Gasteiger partial charge in [0, 0.05) is 0 Å². The van der Waals surface area contributed by atoms with Crippen LogP contribution in [0.15, 0.2) is 12.7 Å². The first kappa shape index (κ1) is 21.7. The van der Waals surface area contributed by atoms with Gasteiger partial charge < -0.3 is 0 Å². The van der Waals surface area contributed by atoms with Crippen LogP contribution in [0.3, 0.4) is 0 Å². The third-order valence-corrected chi connectivity index (χ3v) is 5.32. The Balaban J connectivity index is 4.29. The van der Waals surface area contributed by atoms with E-state index in [1.807, 2.05) is 0 Å². The minimum Gasteiger partial charge on any atom is -0.103 e. The van der Waals surface area contributed by atoms with Crippen LogP contribution >= 0.6 is 0 Å². The summed E-state index contributed by atoms with van der Waals surface area (Å²) >= 11 is 0. The normalized spacial score (nSPS) is 15.6. The first-order chi connectivity index (χ1) is 10.1. The van der Waals surface area contributed by atoms with Gasteiger partial charge in [-0.05, 0) is 35.5 Å². The van der Waals surface area contributed by atoms with Crippen LogP contribution in [0.1, 0.15) is 106 Å². The highest BCUT2D eigenvalue weighted by atomic mass is 14.4. The lowest BCUT2D eigenvalue weighted by atomic mass is 9.68. The van der Waals surface area contributed by atoms with Crippen molar-refractivity contribution in [2.45, 2.75) is 106 Å². The van der Waals surface area contributed by atoms with Crippen LogP contribution in [0.2, 0.25) is 0 Å². The highest BCUT2D eigenvalue weighted by molar-refractivity contribution is 4.91. The van der Waals surface area contributed by atoms with Gasteiger partial charge in [0.25, 0.3) is 0 Å². The maximum Gasteiger partial charge on any atom is -0.0185 e. The van der Waals surface area contributed by atoms with Crippen LogP contribution in [0.25, 0.3) is 0 Å². The molecule has 0 aliphatic rings. The van der Waals surface area contributed by atoms with Crippen LogP contribution in [-0.2, 0) is 0 Å². The predicted octanol–water partition coefficient (Wildman–Crippen LogP) is 8.03. The molecule has 132 valence electrons. The highest BCUT2D eigenvalue weighted by Gasteiger charge is 2.30. The van der Waals surface area contributed by atoms with Gasteiger partial charge in [0.2, 0.25) is 0 Å². The van der Waals surface area contributed by atoms with Crippen molar-refractivity contribution in [1.29, 1.82) is 0 Å². The molecule has 0 heterocycles. The van der Waals surface area contributed by atoms with Gasteiger partial charge in [-0.15, -0.1) is 6.58 Å². The third kappa shape index (κ3) is 9.70. The minimum absolute atomic E-state index is 0.339. The summed E-state index contributed by atoms with van der Waals surface area (Å²) in [6.45, 7) is 20.7. The Morgan fingerprint density at radius 1 is 0.773 bits per heavy atom. The second kappa shape index (κ2) is 10.5. The first-order valence-electron chi connectivity index (χ1n) is 9.75. The summed E-state index contributed by atoms with van der Waals surface area (Å²) in [7, 11) is 0. The van der Waals surface area contributed by atoms with Crippen LogP contribution < -0.4 is 0 Å². The Kier molecular flexibility index (Phi) is 10.4. The summed E-state index contributed by atoms with van der Waals surface area (Å²) in [6, 6.07) is 0. The molecular formula is C22H44. The Morgan fingerprint density at radius 3 is 1.68 bits per heavy atom. The van der Waals surface area contributed by atoms with Crippen molar-refractivity contribution in [3.63, 3.8) is 0 Å². The van der Waals surface area contributed by atoms with Gasteiger partial charge in [0.1, 0.15) is 0 Å². The lowest BCUT2D eigenvalue weighted by Gasteiger charge is -2.37. The summed E-state index contributed by atoms with van der Waals surface area (Å²) in [5.74, 6) is 1.44. The number of allylic oxidation sites excluding steroid dienone is 1. The summed E-state index contributed by atoms with van der Waals surface area (Å²) in [5.41, 5.74) is 0.750. The maximum atomic E-state index is 4.10. The molecule has 0 rings (SSSR count). The van der Waals surface area contributed by atoms with Gasteiger partial charge in [0.05, 0.1) is 0 Å². The van der Waals surface area contributed by atoms with E-state index in [2.05, 4.69) is 61.1 Å². The summed E-state index contributed by atoms with van der Waals surface area (Å²) < 4.78 is 0. The fraction of sp³-hybridized carbons (Fsp3) is 0.909. The molecule has 0 spiro atoms. The van der Waals surface area contributed by atoms with E-state index in [1.165, 1.54) is 57.8 Å². The van der Waals surface area contributed by atoms with E-state index in [9.17, 15) is 0 Å². The lowest BCUT2D eigenvalue weighted by molar-refractivity contribution is 0.148. The van der Waals surface area contributed by atoms with Crippen molar-refractivity contribution in [2.24, 2.45) is 22.7 Å². The molecule has 0 saturated carbocycles. The molecule has 2 unspecified atom stereocenters. The average molecular weight is 309 g/mol. The molecule has 2 atom stereocenters. The van der Waals surface area contributed by atoms with E-state index in [1.54, 1.807) is 0 Å². The van der Waals surface area contributed by atoms with Gasteiger partial charge in [0.15, 0.2) is 0 Å². The van der Waals surface area contributed by atoms with Crippen molar-refractivity contribution < 1.29 is 0 Å². The second-order valence-corrected chi connectivity index (χ2v) is 9.42. The molecule has 22 heavy (non-hydrogen) atoms. The molecular weight excluding hydrogens is 264 g/mol. The van der Waals surface area contributed by atoms with Crippen molar-refractivity contribution in [1.82, 2.24) is 0 Å². The van der Waals surface area contributed by atoms with Crippen molar-refractivity contribution >= 4 is 0 Å². The van der Waals surface area contributed by atoms with E-state index in [0.717, 1.165) is 5.92 Å². The lowest BCUT2D eigenvalue weighted by Crippen LogP contribution is -2.28. The molecule has 0 aliphatic carbocycles. The molecule has 0 aliphatic heterocycles. The predicted molar refractivity (Wildman–Crippen MR) is 103 cm³/mol. The standard InChI is InChI=1S/C22H44/c1-9-11-12-13-14-15-16-17-20(22(6,7)8)18-19(10-2)21(3,4)5/h10,19-20H,2,9,11-18H2,1,3-8H3. The Hall–Kier alpha value is -0.260. The fourth-order valence-electron chi connectivity index (χ4n) is 3.36. The molecule has 0 aromatic rings. The molecule has 0 heteroatoms. The SMILES string of the molecule is C=CC(CC(CCCCCCCCC)C(C)(C)C)C(C)(C)C. The van der Waals surface area contributed by atoms with E-state index in [-0.39, 0.29) is 0 Å². The number of rotatable bonds is 11. The average Bonchev–Trinajstić information content (AvgIpc) is 2.38. The molecule has 0 radical (unpaired) electrons. The zero-order valence-corrected chi connectivity index (χ0v) is 16.8. The van der Waals surface area contributed by atoms with Gasteiger partial charge in [-0.3, -0.25) is 0 Å². The molecule has 0 aromatic carbocycles. The van der Waals surface area contributed by atoms with E-state index in [4.69, 9.17) is 0 Å². The van der Waals surface area contributed by atoms with Gasteiger partial charge in [-0.2, -0.15) is 0 Å². The molecule has 0 bridgehead atoms. The second-order valence-electron chi connectivity index (χ2n) is 9.42. The number of hydrogen-bond donors (Lipinski definition) is 0. The van der Waals surface area contributed by atoms with Gasteiger partial charge >= 0.3 is 0 Å². The minimum atomic E-state index is 0.339. The topological polar surface area (TPSA) is 0 Å². The quantitative estimate of drug-likeness (QED) is 0.268. The molecule has 0 nitrogen and oxygen atoms in total. The van der Waals surface area contributed by atoms with E-state index in [0.29, 0.717) is 16.7 Å². The molecule has 0 amide bonds. The number of hydrogen-bond acceptors (Lipinski definition) is 0. The molecule has 0 aromatic heterocycles. The van der Waals surface area contributed by atoms with E-state index < -0.39 is 0 Å². The zero-order valence-electron chi connectivity index (χ0n) is 16.8. The zero-order chi connectivity index (χ0) is 17.2. The van der Waals surface area contributed by atoms with Gasteiger partial charge in [-0.25, -0.2) is 0 Å². The monoisotopic (exact) mass is 308 g/mol. The van der Waals surface area contributed by atoms with Crippen LogP contribution in [0.5, 0.6) is 0 Å². The maximum absolute atomic E-state index is 4.10. The molecule has 0 saturated heterocycles. The van der Waals surface area contributed by atoms with Crippen LogP contribution in [0.4, 0.5) is 0 Å².